The lowest BCUT2D eigenvalue weighted by molar-refractivity contribution is -0.123. The first-order valence-electron chi connectivity index (χ1n) is 12.9. The van der Waals surface area contributed by atoms with E-state index >= 15 is 0 Å². The van der Waals surface area contributed by atoms with Crippen molar-refractivity contribution >= 4 is 11.8 Å². The van der Waals surface area contributed by atoms with E-state index in [0.29, 0.717) is 28.1 Å². The molecule has 4 N–H and O–H groups in total. The molecule has 2 aliphatic heterocycles. The van der Waals surface area contributed by atoms with Crippen molar-refractivity contribution in [2.75, 3.05) is 13.7 Å². The van der Waals surface area contributed by atoms with Gasteiger partial charge in [-0.3, -0.25) is 14.6 Å². The molecule has 0 saturated carbocycles. The molecular weight excluding hydrogens is 541 g/mol. The molecule has 0 radical (unpaired) electrons. The number of aliphatic hydroxyl groups excluding tert-OH is 1. The Labute approximate surface area is 239 Å². The second-order valence-corrected chi connectivity index (χ2v) is 9.84. The lowest BCUT2D eigenvalue weighted by Crippen LogP contribution is -2.55. The Morgan fingerprint density at radius 1 is 1.12 bits per heavy atom. The van der Waals surface area contributed by atoms with Crippen molar-refractivity contribution in [2.24, 2.45) is 0 Å². The monoisotopic (exact) mass is 565 g/mol. The molecule has 1 fully saturated rings. The summed E-state index contributed by atoms with van der Waals surface area (Å²) in [6.07, 6.45) is 1.97. The van der Waals surface area contributed by atoms with Crippen molar-refractivity contribution in [1.29, 1.82) is 0 Å². The summed E-state index contributed by atoms with van der Waals surface area (Å²) < 4.78 is 19.8. The normalized spacial score (nSPS) is 19.2. The van der Waals surface area contributed by atoms with Gasteiger partial charge in [-0.25, -0.2) is 14.7 Å². The van der Waals surface area contributed by atoms with Crippen LogP contribution in [-0.4, -0.2) is 62.4 Å². The molecule has 2 aromatic heterocycles. The molecular formula is C31H24FN5O5. The number of halogens is 1. The Bertz CT molecular complexity index is 1770. The number of fused-ring (bicyclic) bond motifs is 1. The van der Waals surface area contributed by atoms with E-state index in [0.717, 1.165) is 5.56 Å². The highest BCUT2D eigenvalue weighted by Gasteiger charge is 2.48. The summed E-state index contributed by atoms with van der Waals surface area (Å²) in [6.45, 7) is -0.179. The van der Waals surface area contributed by atoms with Gasteiger partial charge in [-0.1, -0.05) is 30.0 Å². The molecule has 10 nitrogen and oxygen atoms in total. The Morgan fingerprint density at radius 2 is 1.93 bits per heavy atom. The number of nitrogens with zero attached hydrogens (tertiary/aromatic N) is 3. The summed E-state index contributed by atoms with van der Waals surface area (Å²) in [6, 6.07) is 16.9. The summed E-state index contributed by atoms with van der Waals surface area (Å²) in [5.74, 6) is 3.78. The first-order valence-corrected chi connectivity index (χ1v) is 12.9. The van der Waals surface area contributed by atoms with Crippen molar-refractivity contribution in [3.8, 4) is 45.9 Å². The molecule has 2 amide bonds. The molecule has 2 atom stereocenters. The van der Waals surface area contributed by atoms with Gasteiger partial charge in [0.2, 0.25) is 0 Å². The van der Waals surface area contributed by atoms with E-state index < -0.39 is 29.5 Å². The van der Waals surface area contributed by atoms with E-state index in [2.05, 4.69) is 32.4 Å². The van der Waals surface area contributed by atoms with Gasteiger partial charge in [0.15, 0.2) is 23.5 Å². The van der Waals surface area contributed by atoms with Gasteiger partial charge in [0, 0.05) is 35.6 Å². The topological polar surface area (TPSA) is 137 Å². The summed E-state index contributed by atoms with van der Waals surface area (Å²) in [5.41, 5.74) is 1.69. The zero-order chi connectivity index (χ0) is 29.4. The number of carbonyl (C=O) groups excluding carboxylic acids is 2. The number of hydrogen-bond donors (Lipinski definition) is 4. The van der Waals surface area contributed by atoms with Crippen LogP contribution in [-0.2, 0) is 11.3 Å². The van der Waals surface area contributed by atoms with Gasteiger partial charge >= 0.3 is 0 Å². The van der Waals surface area contributed by atoms with E-state index in [1.54, 1.807) is 60.9 Å². The van der Waals surface area contributed by atoms with Crippen LogP contribution in [0.2, 0.25) is 0 Å². The van der Waals surface area contributed by atoms with Crippen LogP contribution >= 0.6 is 0 Å². The van der Waals surface area contributed by atoms with E-state index in [9.17, 15) is 24.2 Å². The van der Waals surface area contributed by atoms with Gasteiger partial charge in [-0.2, -0.15) is 0 Å². The fourth-order valence-electron chi connectivity index (χ4n) is 5.03. The molecule has 2 unspecified atom stereocenters. The minimum Gasteiger partial charge on any atom is -0.506 e. The number of carbonyl (C=O) groups is 2. The van der Waals surface area contributed by atoms with Crippen molar-refractivity contribution in [1.82, 2.24) is 25.5 Å². The van der Waals surface area contributed by atoms with E-state index in [4.69, 9.17) is 4.74 Å². The van der Waals surface area contributed by atoms with E-state index in [1.807, 2.05) is 6.07 Å². The number of rotatable bonds is 5. The predicted molar refractivity (Wildman–Crippen MR) is 149 cm³/mol. The average Bonchev–Trinajstić information content (AvgIpc) is 3.47. The number of pyridine rings is 2. The van der Waals surface area contributed by atoms with Crippen molar-refractivity contribution in [3.05, 3.63) is 95.6 Å². The number of nitrogens with one attached hydrogen (secondary N) is 2. The number of aromatic hydroxyl groups is 1. The van der Waals surface area contributed by atoms with Crippen LogP contribution in [0.3, 0.4) is 0 Å². The highest BCUT2D eigenvalue weighted by atomic mass is 19.1. The van der Waals surface area contributed by atoms with Crippen molar-refractivity contribution in [2.45, 2.75) is 18.4 Å². The summed E-state index contributed by atoms with van der Waals surface area (Å²) in [5, 5.41) is 25.7. The van der Waals surface area contributed by atoms with Gasteiger partial charge in [-0.15, -0.1) is 0 Å². The molecule has 0 bridgehead atoms. The molecule has 0 spiro atoms. The summed E-state index contributed by atoms with van der Waals surface area (Å²) in [4.78, 5) is 36.1. The standard InChI is InChI=1S/C31H24FN5O5/c1-42-24-11-8-21-16-37(28(39)25(21)26(24)32)17-31(29(40)35-30(41)36-31)13-12-18-4-6-19(7-5-18)27-23(38)10-9-22(34-27)20-3-2-14-33-15-20/h2-11,14-15,30,36,38,41H,16-17H2,1H3,(H,35,40). The third-order valence-corrected chi connectivity index (χ3v) is 7.15. The van der Waals surface area contributed by atoms with Crippen LogP contribution in [0.25, 0.3) is 22.5 Å². The van der Waals surface area contributed by atoms with Crippen molar-refractivity contribution < 1.29 is 28.9 Å². The fourth-order valence-corrected chi connectivity index (χ4v) is 5.03. The Hall–Kier alpha value is -5.31. The number of amides is 2. The minimum atomic E-state index is -1.66. The second-order valence-electron chi connectivity index (χ2n) is 9.84. The zero-order valence-corrected chi connectivity index (χ0v) is 22.3. The highest BCUT2D eigenvalue weighted by molar-refractivity contribution is 6.00. The van der Waals surface area contributed by atoms with Crippen LogP contribution in [0.15, 0.2) is 73.1 Å². The zero-order valence-electron chi connectivity index (χ0n) is 22.3. The van der Waals surface area contributed by atoms with E-state index in [-0.39, 0.29) is 30.2 Å². The maximum absolute atomic E-state index is 14.8. The molecule has 4 heterocycles. The maximum Gasteiger partial charge on any atom is 0.257 e. The van der Waals surface area contributed by atoms with Gasteiger partial charge in [0.1, 0.15) is 11.4 Å². The Kier molecular flexibility index (Phi) is 6.78. The van der Waals surface area contributed by atoms with E-state index in [1.165, 1.54) is 18.1 Å². The Balaban J connectivity index is 1.27. The molecule has 42 heavy (non-hydrogen) atoms. The number of aromatic nitrogens is 2. The molecule has 1 saturated heterocycles. The third kappa shape index (κ3) is 4.79. The number of aliphatic hydroxyl groups is 1. The molecule has 4 aromatic rings. The van der Waals surface area contributed by atoms with Crippen LogP contribution in [0.1, 0.15) is 21.5 Å². The number of hydrogen-bond acceptors (Lipinski definition) is 8. The van der Waals surface area contributed by atoms with Gasteiger partial charge in [0.05, 0.1) is 24.9 Å². The third-order valence-electron chi connectivity index (χ3n) is 7.15. The van der Waals surface area contributed by atoms with Crippen LogP contribution in [0, 0.1) is 17.7 Å². The smallest absolute Gasteiger partial charge is 0.257 e. The summed E-state index contributed by atoms with van der Waals surface area (Å²) >= 11 is 0. The Morgan fingerprint density at radius 3 is 2.62 bits per heavy atom. The van der Waals surface area contributed by atoms with Gasteiger partial charge in [0.25, 0.3) is 11.8 Å². The second kappa shape index (κ2) is 10.6. The van der Waals surface area contributed by atoms with Crippen LogP contribution in [0.5, 0.6) is 11.5 Å². The minimum absolute atomic E-state index is 0.00609. The van der Waals surface area contributed by atoms with Gasteiger partial charge < -0.3 is 25.2 Å². The molecule has 0 aliphatic carbocycles. The van der Waals surface area contributed by atoms with Crippen LogP contribution < -0.4 is 15.4 Å². The quantitative estimate of drug-likeness (QED) is 0.271. The molecule has 6 rings (SSSR count). The van der Waals surface area contributed by atoms with Gasteiger partial charge in [-0.05, 0) is 48.0 Å². The molecule has 2 aliphatic rings. The lowest BCUT2D eigenvalue weighted by Gasteiger charge is -2.26. The largest absolute Gasteiger partial charge is 0.506 e. The number of methoxy groups -OCH3 is 1. The number of benzene rings is 2. The number of ether oxygens (including phenoxy) is 1. The van der Waals surface area contributed by atoms with Crippen molar-refractivity contribution in [3.63, 3.8) is 0 Å². The van der Waals surface area contributed by atoms with Crippen LogP contribution in [0.4, 0.5) is 4.39 Å². The fraction of sp³-hybridized carbons (Fsp3) is 0.161. The average molecular weight is 566 g/mol. The first-order chi connectivity index (χ1) is 20.3. The first kappa shape index (κ1) is 26.9. The maximum atomic E-state index is 14.8. The SMILES string of the molecule is COc1ccc2c(c1F)C(=O)N(CC1(C#Cc3ccc(-c4nc(-c5cccnc5)ccc4O)cc3)NC(O)NC1=O)C2. The molecule has 11 heteroatoms. The predicted octanol–water partition coefficient (Wildman–Crippen LogP) is 2.41. The lowest BCUT2D eigenvalue weighted by atomic mass is 9.98. The molecule has 2 aromatic carbocycles. The summed E-state index contributed by atoms with van der Waals surface area (Å²) in [7, 11) is 1.31. The highest BCUT2D eigenvalue weighted by Crippen LogP contribution is 2.33. The molecule has 210 valence electrons.